The molecule has 0 aliphatic rings. The first kappa shape index (κ1) is 23.1. The number of ether oxygens (including phenoxy) is 2. The van der Waals surface area contributed by atoms with Crippen molar-refractivity contribution in [1.82, 2.24) is 0 Å². The summed E-state index contributed by atoms with van der Waals surface area (Å²) >= 11 is -0.186. The van der Waals surface area contributed by atoms with Crippen LogP contribution >= 0.6 is 0 Å². The van der Waals surface area contributed by atoms with Gasteiger partial charge in [-0.3, -0.25) is 0 Å². The van der Waals surface area contributed by atoms with Crippen LogP contribution in [0.4, 0.5) is 0 Å². The molecule has 0 saturated heterocycles. The van der Waals surface area contributed by atoms with Crippen LogP contribution in [-0.2, 0) is 0 Å². The molecular weight excluding hydrogens is 459 g/mol. The molecule has 2 aromatic rings. The Hall–Kier alpha value is -1.23. The summed E-state index contributed by atoms with van der Waals surface area (Å²) in [6.07, 6.45) is 10.7. The molecule has 0 unspecified atom stereocenters. The molecular formula is C25H36IO2-. The number of aryl methyl sites for hydroxylation is 2. The first-order valence-corrected chi connectivity index (χ1v) is 12.8. The van der Waals surface area contributed by atoms with E-state index in [1.165, 1.54) is 63.2 Å². The standard InChI is InChI=1S/C25H36IO2/c1-5-6-7-8-9-10-11-12-17-28-23-15-13-22(14-16-23)26-25-20(2)18-24(27-4)19-21(25)3/h13-16,18-19H,5-12,17H2,1-4H3/q-1. The zero-order valence-corrected chi connectivity index (χ0v) is 20.2. The van der Waals surface area contributed by atoms with E-state index in [1.807, 2.05) is 0 Å². The van der Waals surface area contributed by atoms with Gasteiger partial charge in [-0.05, 0) is 0 Å². The fourth-order valence-corrected chi connectivity index (χ4v) is 5.81. The monoisotopic (exact) mass is 495 g/mol. The summed E-state index contributed by atoms with van der Waals surface area (Å²) in [5, 5.41) is 0. The maximum atomic E-state index is 5.93. The number of rotatable bonds is 13. The van der Waals surface area contributed by atoms with Crippen LogP contribution < -0.4 is 30.7 Å². The first-order valence-electron chi connectivity index (χ1n) is 10.7. The van der Waals surface area contributed by atoms with Gasteiger partial charge in [-0.25, -0.2) is 0 Å². The van der Waals surface area contributed by atoms with Gasteiger partial charge in [-0.1, -0.05) is 19.8 Å². The summed E-state index contributed by atoms with van der Waals surface area (Å²) in [5.41, 5.74) is 2.67. The van der Waals surface area contributed by atoms with Crippen molar-refractivity contribution in [2.75, 3.05) is 13.7 Å². The molecule has 0 atom stereocenters. The molecule has 28 heavy (non-hydrogen) atoms. The molecule has 0 aliphatic carbocycles. The Labute approximate surface area is 182 Å². The molecule has 0 bridgehead atoms. The van der Waals surface area contributed by atoms with Gasteiger partial charge >= 0.3 is 163 Å². The molecule has 0 aromatic heterocycles. The van der Waals surface area contributed by atoms with E-state index in [4.69, 9.17) is 9.47 Å². The Morgan fingerprint density at radius 3 is 1.89 bits per heavy atom. The summed E-state index contributed by atoms with van der Waals surface area (Å²) in [6, 6.07) is 13.0. The fourth-order valence-electron chi connectivity index (χ4n) is 3.30. The SMILES string of the molecule is CCCCCCCCCCOc1ccc([I-]c2c(C)cc(OC)cc2C)cc1. The van der Waals surface area contributed by atoms with E-state index in [9.17, 15) is 0 Å². The Kier molecular flexibility index (Phi) is 10.8. The van der Waals surface area contributed by atoms with Gasteiger partial charge in [0.25, 0.3) is 0 Å². The van der Waals surface area contributed by atoms with Gasteiger partial charge in [-0.2, -0.15) is 0 Å². The van der Waals surface area contributed by atoms with E-state index < -0.39 is 0 Å². The average Bonchev–Trinajstić information content (AvgIpc) is 2.70. The summed E-state index contributed by atoms with van der Waals surface area (Å²) < 4.78 is 14.2. The number of methoxy groups -OCH3 is 1. The second-order valence-corrected chi connectivity index (χ2v) is 10.3. The van der Waals surface area contributed by atoms with E-state index in [-0.39, 0.29) is 21.2 Å². The van der Waals surface area contributed by atoms with Gasteiger partial charge in [0, 0.05) is 0 Å². The van der Waals surface area contributed by atoms with E-state index in [0.717, 1.165) is 24.5 Å². The number of hydrogen-bond donors (Lipinski definition) is 0. The number of halogens is 1. The number of benzene rings is 2. The molecule has 0 fully saturated rings. The van der Waals surface area contributed by atoms with Crippen LogP contribution in [0, 0.1) is 21.0 Å². The van der Waals surface area contributed by atoms with E-state index >= 15 is 0 Å². The van der Waals surface area contributed by atoms with Crippen LogP contribution in [0.2, 0.25) is 0 Å². The summed E-state index contributed by atoms with van der Waals surface area (Å²) in [6.45, 7) is 7.48. The van der Waals surface area contributed by atoms with Crippen LogP contribution in [0.3, 0.4) is 0 Å². The van der Waals surface area contributed by atoms with Gasteiger partial charge in [0.05, 0.1) is 0 Å². The quantitative estimate of drug-likeness (QED) is 0.310. The van der Waals surface area contributed by atoms with Gasteiger partial charge in [0.15, 0.2) is 0 Å². The maximum absolute atomic E-state index is 5.93. The third kappa shape index (κ3) is 8.02. The molecule has 0 radical (unpaired) electrons. The van der Waals surface area contributed by atoms with E-state index in [0.29, 0.717) is 0 Å². The Bertz CT molecular complexity index is 671. The van der Waals surface area contributed by atoms with E-state index in [2.05, 4.69) is 57.2 Å². The molecule has 2 nitrogen and oxygen atoms in total. The van der Waals surface area contributed by atoms with Gasteiger partial charge < -0.3 is 0 Å². The predicted molar refractivity (Wildman–Crippen MR) is 114 cm³/mol. The topological polar surface area (TPSA) is 18.5 Å². The van der Waals surface area contributed by atoms with Crippen molar-refractivity contribution in [3.05, 3.63) is 54.7 Å². The Balaban J connectivity index is 1.72. The van der Waals surface area contributed by atoms with Crippen molar-refractivity contribution < 1.29 is 30.7 Å². The molecule has 0 heterocycles. The van der Waals surface area contributed by atoms with Gasteiger partial charge in [-0.15, -0.1) is 0 Å². The zero-order chi connectivity index (χ0) is 20.2. The zero-order valence-electron chi connectivity index (χ0n) is 18.0. The second kappa shape index (κ2) is 13.1. The van der Waals surface area contributed by atoms with Crippen molar-refractivity contribution >= 4 is 0 Å². The van der Waals surface area contributed by atoms with Crippen molar-refractivity contribution in [3.63, 3.8) is 0 Å². The molecule has 0 saturated carbocycles. The second-order valence-electron chi connectivity index (χ2n) is 7.45. The predicted octanol–water partition coefficient (Wildman–Crippen LogP) is 3.96. The van der Waals surface area contributed by atoms with Crippen molar-refractivity contribution in [3.8, 4) is 11.5 Å². The number of hydrogen-bond acceptors (Lipinski definition) is 2. The Morgan fingerprint density at radius 1 is 0.750 bits per heavy atom. The molecule has 0 spiro atoms. The molecule has 2 rings (SSSR count). The molecule has 0 aliphatic heterocycles. The van der Waals surface area contributed by atoms with Crippen LogP contribution in [-0.4, -0.2) is 13.7 Å². The third-order valence-electron chi connectivity index (χ3n) is 4.93. The minimum absolute atomic E-state index is 0.186. The van der Waals surface area contributed by atoms with Crippen molar-refractivity contribution in [2.24, 2.45) is 0 Å². The van der Waals surface area contributed by atoms with Gasteiger partial charge in [0.2, 0.25) is 0 Å². The first-order chi connectivity index (χ1) is 13.6. The van der Waals surface area contributed by atoms with Crippen LogP contribution in [0.25, 0.3) is 0 Å². The van der Waals surface area contributed by atoms with Crippen LogP contribution in [0.15, 0.2) is 36.4 Å². The van der Waals surface area contributed by atoms with E-state index in [1.54, 1.807) is 7.11 Å². The van der Waals surface area contributed by atoms with Crippen LogP contribution in [0.1, 0.15) is 69.4 Å². The third-order valence-corrected chi connectivity index (χ3v) is 8.51. The molecule has 3 heteroatoms. The number of unbranched alkanes of at least 4 members (excludes halogenated alkanes) is 7. The summed E-state index contributed by atoms with van der Waals surface area (Å²) in [5.74, 6) is 1.95. The Morgan fingerprint density at radius 2 is 1.32 bits per heavy atom. The van der Waals surface area contributed by atoms with Crippen molar-refractivity contribution in [2.45, 2.75) is 72.1 Å². The normalized spacial score (nSPS) is 11.0. The summed E-state index contributed by atoms with van der Waals surface area (Å²) in [7, 11) is 1.73. The van der Waals surface area contributed by atoms with Crippen LogP contribution in [0.5, 0.6) is 11.5 Å². The van der Waals surface area contributed by atoms with Crippen molar-refractivity contribution in [1.29, 1.82) is 0 Å². The molecule has 2 aromatic carbocycles. The van der Waals surface area contributed by atoms with Gasteiger partial charge in [0.1, 0.15) is 0 Å². The molecule has 156 valence electrons. The minimum atomic E-state index is -0.186. The molecule has 0 amide bonds. The summed E-state index contributed by atoms with van der Waals surface area (Å²) in [4.78, 5) is 0. The molecule has 0 N–H and O–H groups in total. The average molecular weight is 495 g/mol. The fraction of sp³-hybridized carbons (Fsp3) is 0.520.